The average Bonchev–Trinajstić information content (AvgIpc) is 2.82. The van der Waals surface area contributed by atoms with E-state index in [2.05, 4.69) is 11.6 Å². The molecule has 2 aromatic heterocycles. The third-order valence-electron chi connectivity index (χ3n) is 5.05. The number of esters is 2. The highest BCUT2D eigenvalue weighted by atomic mass is 16.6. The van der Waals surface area contributed by atoms with E-state index in [1.165, 1.54) is 6.07 Å². The first-order chi connectivity index (χ1) is 15.9. The summed E-state index contributed by atoms with van der Waals surface area (Å²) in [6.07, 6.45) is 1.72. The second kappa shape index (κ2) is 9.48. The van der Waals surface area contributed by atoms with Crippen molar-refractivity contribution in [2.24, 2.45) is 0 Å². The van der Waals surface area contributed by atoms with Crippen molar-refractivity contribution in [1.29, 1.82) is 0 Å². The molecule has 0 unspecified atom stereocenters. The van der Waals surface area contributed by atoms with E-state index in [1.54, 1.807) is 25.3 Å². The Kier molecular flexibility index (Phi) is 6.31. The zero-order valence-corrected chi connectivity index (χ0v) is 18.1. The van der Waals surface area contributed by atoms with E-state index >= 15 is 0 Å². The van der Waals surface area contributed by atoms with Crippen molar-refractivity contribution in [2.45, 2.75) is 13.3 Å². The predicted molar refractivity (Wildman–Crippen MR) is 125 cm³/mol. The number of aromatic nitrogens is 2. The molecular weight excluding hydrogens is 420 g/mol. The molecule has 0 amide bonds. The van der Waals surface area contributed by atoms with Crippen molar-refractivity contribution in [1.82, 2.24) is 9.97 Å². The molecule has 0 fully saturated rings. The Hall–Kier alpha value is -4.26. The molecule has 166 valence electrons. The van der Waals surface area contributed by atoms with E-state index in [0.717, 1.165) is 21.8 Å². The molecule has 0 saturated carbocycles. The highest BCUT2D eigenvalue weighted by Crippen LogP contribution is 2.31. The van der Waals surface area contributed by atoms with Crippen LogP contribution < -0.4 is 0 Å². The zero-order valence-electron chi connectivity index (χ0n) is 18.1. The molecule has 0 bridgehead atoms. The number of nitrogens with zero attached hydrogens (tertiary/aromatic N) is 2. The Morgan fingerprint density at radius 2 is 1.70 bits per heavy atom. The molecule has 2 aromatic carbocycles. The maximum atomic E-state index is 12.2. The van der Waals surface area contributed by atoms with Crippen molar-refractivity contribution < 1.29 is 24.2 Å². The van der Waals surface area contributed by atoms with E-state index in [4.69, 9.17) is 14.5 Å². The van der Waals surface area contributed by atoms with E-state index in [0.29, 0.717) is 16.8 Å². The van der Waals surface area contributed by atoms with Crippen molar-refractivity contribution >= 4 is 33.7 Å². The zero-order chi connectivity index (χ0) is 23.4. The molecule has 0 radical (unpaired) electrons. The lowest BCUT2D eigenvalue weighted by Gasteiger charge is -2.10. The first kappa shape index (κ1) is 22.0. The third-order valence-corrected chi connectivity index (χ3v) is 5.05. The first-order valence-electron chi connectivity index (χ1n) is 10.4. The van der Waals surface area contributed by atoms with Gasteiger partial charge in [0.25, 0.3) is 0 Å². The van der Waals surface area contributed by atoms with E-state index in [1.807, 2.05) is 36.4 Å². The second-order valence-corrected chi connectivity index (χ2v) is 7.57. The number of carbonyl (C=O) groups is 2. The number of hydrogen-bond acceptors (Lipinski definition) is 7. The molecule has 0 spiro atoms. The maximum absolute atomic E-state index is 12.2. The SMILES string of the molecule is C=C(C)C(=O)OCCOC(=O)Cc1ccc(O)c(-c2ccc3ccc4cccnc4c3n2)c1. The van der Waals surface area contributed by atoms with Crippen LogP contribution in [0.4, 0.5) is 0 Å². The monoisotopic (exact) mass is 442 g/mol. The van der Waals surface area contributed by atoms with Gasteiger partial charge in [-0.2, -0.15) is 0 Å². The Balaban J connectivity index is 1.52. The van der Waals surface area contributed by atoms with Gasteiger partial charge in [-0.25, -0.2) is 9.78 Å². The fraction of sp³-hybridized carbons (Fsp3) is 0.154. The minimum absolute atomic E-state index is 0.000218. The molecule has 0 aliphatic carbocycles. The Bertz CT molecular complexity index is 1380. The molecule has 4 rings (SSSR count). The summed E-state index contributed by atoms with van der Waals surface area (Å²) >= 11 is 0. The van der Waals surface area contributed by atoms with Crippen LogP contribution in [-0.2, 0) is 25.5 Å². The number of phenols is 1. The van der Waals surface area contributed by atoms with Crippen LogP contribution in [0.25, 0.3) is 33.1 Å². The minimum Gasteiger partial charge on any atom is -0.507 e. The van der Waals surface area contributed by atoms with Crippen LogP contribution in [0, 0.1) is 0 Å². The van der Waals surface area contributed by atoms with E-state index in [9.17, 15) is 14.7 Å². The minimum atomic E-state index is -0.528. The largest absolute Gasteiger partial charge is 0.507 e. The molecule has 33 heavy (non-hydrogen) atoms. The molecule has 4 aromatic rings. The smallest absolute Gasteiger partial charge is 0.333 e. The summed E-state index contributed by atoms with van der Waals surface area (Å²) in [4.78, 5) is 32.7. The van der Waals surface area contributed by atoms with Crippen LogP contribution in [0.3, 0.4) is 0 Å². The molecule has 2 heterocycles. The van der Waals surface area contributed by atoms with Gasteiger partial charge >= 0.3 is 11.9 Å². The quantitative estimate of drug-likeness (QED) is 0.196. The molecule has 0 atom stereocenters. The number of rotatable bonds is 7. The number of benzene rings is 2. The third kappa shape index (κ3) is 4.98. The standard InChI is InChI=1S/C26H22N2O5/c1-16(2)26(31)33-13-12-32-23(30)15-17-5-10-22(29)20(14-17)21-9-8-19-7-6-18-4-3-11-27-24(18)25(19)28-21/h3-11,14,29H,1,12-13,15H2,2H3. The number of carbonyl (C=O) groups excluding carboxylic acids is 2. The normalized spacial score (nSPS) is 10.8. The van der Waals surface area contributed by atoms with Gasteiger partial charge < -0.3 is 14.6 Å². The molecule has 0 aliphatic heterocycles. The van der Waals surface area contributed by atoms with Crippen molar-refractivity contribution in [3.05, 3.63) is 78.5 Å². The molecule has 1 N–H and O–H groups in total. The average molecular weight is 442 g/mol. The van der Waals surface area contributed by atoms with Gasteiger partial charge in [0, 0.05) is 28.1 Å². The number of ether oxygens (including phenoxy) is 2. The Morgan fingerprint density at radius 1 is 0.970 bits per heavy atom. The van der Waals surface area contributed by atoms with Gasteiger partial charge in [0.1, 0.15) is 19.0 Å². The van der Waals surface area contributed by atoms with Crippen LogP contribution in [0.1, 0.15) is 12.5 Å². The summed E-state index contributed by atoms with van der Waals surface area (Å²) in [5.74, 6) is -0.946. The van der Waals surface area contributed by atoms with E-state index in [-0.39, 0.29) is 31.0 Å². The number of aromatic hydroxyl groups is 1. The molecular formula is C26H22N2O5. The van der Waals surface area contributed by atoms with Gasteiger partial charge in [-0.1, -0.05) is 36.9 Å². The fourth-order valence-corrected chi connectivity index (χ4v) is 3.40. The van der Waals surface area contributed by atoms with Crippen molar-refractivity contribution in [3.8, 4) is 17.0 Å². The van der Waals surface area contributed by atoms with Crippen LogP contribution in [0.15, 0.2) is 72.9 Å². The number of phenolic OH excluding ortho intramolecular Hbond substituents is 1. The number of fused-ring (bicyclic) bond motifs is 3. The highest BCUT2D eigenvalue weighted by molar-refractivity contribution is 6.03. The Labute approximate surface area is 190 Å². The summed E-state index contributed by atoms with van der Waals surface area (Å²) < 4.78 is 10.0. The first-order valence-corrected chi connectivity index (χ1v) is 10.4. The van der Waals surface area contributed by atoms with Gasteiger partial charge in [-0.05, 0) is 36.8 Å². The lowest BCUT2D eigenvalue weighted by Crippen LogP contribution is -2.15. The van der Waals surface area contributed by atoms with Gasteiger partial charge in [-0.15, -0.1) is 0 Å². The summed E-state index contributed by atoms with van der Waals surface area (Å²) in [6.45, 7) is 4.94. The maximum Gasteiger partial charge on any atom is 0.333 e. The molecule has 0 saturated heterocycles. The Morgan fingerprint density at radius 3 is 2.48 bits per heavy atom. The van der Waals surface area contributed by atoms with Crippen LogP contribution in [0.5, 0.6) is 5.75 Å². The van der Waals surface area contributed by atoms with E-state index < -0.39 is 11.9 Å². The molecule has 7 heteroatoms. The summed E-state index contributed by atoms with van der Waals surface area (Å²) in [7, 11) is 0. The lowest BCUT2D eigenvalue weighted by atomic mass is 10.0. The highest BCUT2D eigenvalue weighted by Gasteiger charge is 2.13. The topological polar surface area (TPSA) is 98.6 Å². The van der Waals surface area contributed by atoms with Gasteiger partial charge in [0.05, 0.1) is 23.1 Å². The van der Waals surface area contributed by atoms with Gasteiger partial charge in [-0.3, -0.25) is 9.78 Å². The molecule has 0 aliphatic rings. The van der Waals surface area contributed by atoms with Crippen molar-refractivity contribution in [2.75, 3.05) is 13.2 Å². The molecule has 7 nitrogen and oxygen atoms in total. The predicted octanol–water partition coefficient (Wildman–Crippen LogP) is 4.36. The van der Waals surface area contributed by atoms with Gasteiger partial charge in [0.2, 0.25) is 0 Å². The van der Waals surface area contributed by atoms with Crippen LogP contribution in [0.2, 0.25) is 0 Å². The second-order valence-electron chi connectivity index (χ2n) is 7.57. The number of pyridine rings is 2. The summed E-state index contributed by atoms with van der Waals surface area (Å²) in [5, 5.41) is 12.4. The lowest BCUT2D eigenvalue weighted by molar-refractivity contribution is -0.149. The van der Waals surface area contributed by atoms with Crippen molar-refractivity contribution in [3.63, 3.8) is 0 Å². The summed E-state index contributed by atoms with van der Waals surface area (Å²) in [6, 6.07) is 16.5. The van der Waals surface area contributed by atoms with Crippen LogP contribution in [-0.4, -0.2) is 40.2 Å². The van der Waals surface area contributed by atoms with Crippen LogP contribution >= 0.6 is 0 Å². The fourth-order valence-electron chi connectivity index (χ4n) is 3.40. The summed E-state index contributed by atoms with van der Waals surface area (Å²) in [5.41, 5.74) is 3.53. The number of hydrogen-bond donors (Lipinski definition) is 1. The van der Waals surface area contributed by atoms with Gasteiger partial charge in [0.15, 0.2) is 0 Å².